The molecule has 1 unspecified atom stereocenters. The summed E-state index contributed by atoms with van der Waals surface area (Å²) in [5.41, 5.74) is 0. The highest BCUT2D eigenvalue weighted by Crippen LogP contribution is 2.40. The van der Waals surface area contributed by atoms with E-state index in [0.29, 0.717) is 5.06 Å². The molecule has 78 valence electrons. The second kappa shape index (κ2) is 5.34. The van der Waals surface area contributed by atoms with Crippen LogP contribution in [0.25, 0.3) is 0 Å². The van der Waals surface area contributed by atoms with E-state index in [0.717, 1.165) is 7.11 Å². The van der Waals surface area contributed by atoms with Gasteiger partial charge in [0.15, 0.2) is 0 Å². The molecule has 0 fully saturated rings. The van der Waals surface area contributed by atoms with Crippen molar-refractivity contribution < 1.29 is 24.0 Å². The molecule has 1 atom stereocenters. The number of rotatable bonds is 5. The van der Waals surface area contributed by atoms with E-state index in [4.69, 9.17) is 10.1 Å². The SMILES string of the molecule is COP(=O)(O)CCCN(O)C(C)=O. The first-order chi connectivity index (χ1) is 5.89. The van der Waals surface area contributed by atoms with Gasteiger partial charge in [0, 0.05) is 20.6 Å². The fourth-order valence-electron chi connectivity index (χ4n) is 0.669. The topological polar surface area (TPSA) is 87.1 Å². The molecular formula is C6H14NO5P. The van der Waals surface area contributed by atoms with Gasteiger partial charge >= 0.3 is 7.60 Å². The number of hydroxylamine groups is 2. The van der Waals surface area contributed by atoms with E-state index < -0.39 is 13.5 Å². The van der Waals surface area contributed by atoms with Crippen molar-refractivity contribution in [1.29, 1.82) is 0 Å². The third-order valence-corrected chi connectivity index (χ3v) is 2.91. The van der Waals surface area contributed by atoms with Crippen LogP contribution in [0.1, 0.15) is 13.3 Å². The van der Waals surface area contributed by atoms with Crippen LogP contribution >= 0.6 is 7.60 Å². The Bertz CT molecular complexity index is 219. The average molecular weight is 211 g/mol. The monoisotopic (exact) mass is 211 g/mol. The lowest BCUT2D eigenvalue weighted by Gasteiger charge is -2.13. The number of hydrogen-bond donors (Lipinski definition) is 2. The zero-order valence-electron chi connectivity index (χ0n) is 7.63. The fraction of sp³-hybridized carbons (Fsp3) is 0.833. The predicted octanol–water partition coefficient (Wildman–Crippen LogP) is 0.446. The number of amides is 1. The third-order valence-electron chi connectivity index (χ3n) is 1.46. The quantitative estimate of drug-likeness (QED) is 0.391. The zero-order chi connectivity index (χ0) is 10.5. The summed E-state index contributed by atoms with van der Waals surface area (Å²) < 4.78 is 15.2. The van der Waals surface area contributed by atoms with Crippen LogP contribution in [0.4, 0.5) is 0 Å². The first kappa shape index (κ1) is 12.6. The van der Waals surface area contributed by atoms with Crippen LogP contribution in [0.15, 0.2) is 0 Å². The lowest BCUT2D eigenvalue weighted by molar-refractivity contribution is -0.162. The maximum Gasteiger partial charge on any atom is 0.327 e. The Morgan fingerprint density at radius 3 is 2.54 bits per heavy atom. The van der Waals surface area contributed by atoms with Crippen molar-refractivity contribution >= 4 is 13.5 Å². The Hall–Kier alpha value is -0.420. The molecule has 0 aliphatic heterocycles. The molecule has 0 aromatic carbocycles. The van der Waals surface area contributed by atoms with Gasteiger partial charge in [0.05, 0.1) is 6.16 Å². The van der Waals surface area contributed by atoms with Gasteiger partial charge in [0.25, 0.3) is 0 Å². The average Bonchev–Trinajstić information content (AvgIpc) is 2.04. The lowest BCUT2D eigenvalue weighted by atomic mass is 10.4. The predicted molar refractivity (Wildman–Crippen MR) is 45.5 cm³/mol. The summed E-state index contributed by atoms with van der Waals surface area (Å²) >= 11 is 0. The molecule has 0 saturated carbocycles. The van der Waals surface area contributed by atoms with Crippen molar-refractivity contribution in [2.45, 2.75) is 13.3 Å². The minimum Gasteiger partial charge on any atom is -0.324 e. The molecule has 1 amide bonds. The van der Waals surface area contributed by atoms with Gasteiger partial charge in [-0.15, -0.1) is 0 Å². The van der Waals surface area contributed by atoms with E-state index in [2.05, 4.69) is 4.52 Å². The van der Waals surface area contributed by atoms with E-state index in [1.807, 2.05) is 0 Å². The van der Waals surface area contributed by atoms with Crippen LogP contribution in [-0.4, -0.2) is 40.9 Å². The molecule has 13 heavy (non-hydrogen) atoms. The van der Waals surface area contributed by atoms with Crippen LogP contribution < -0.4 is 0 Å². The van der Waals surface area contributed by atoms with E-state index in [1.165, 1.54) is 6.92 Å². The van der Waals surface area contributed by atoms with Crippen molar-refractivity contribution in [2.24, 2.45) is 0 Å². The largest absolute Gasteiger partial charge is 0.327 e. The molecule has 0 spiro atoms. The van der Waals surface area contributed by atoms with Crippen LogP contribution in [0.5, 0.6) is 0 Å². The van der Waals surface area contributed by atoms with E-state index >= 15 is 0 Å². The maximum absolute atomic E-state index is 10.9. The van der Waals surface area contributed by atoms with Crippen molar-refractivity contribution in [2.75, 3.05) is 19.8 Å². The Labute approximate surface area is 76.6 Å². The van der Waals surface area contributed by atoms with Crippen LogP contribution in [0.2, 0.25) is 0 Å². The van der Waals surface area contributed by atoms with Crippen LogP contribution in [-0.2, 0) is 13.9 Å². The minimum atomic E-state index is -3.51. The summed E-state index contributed by atoms with van der Waals surface area (Å²) in [5.74, 6) is -0.495. The number of carbonyl (C=O) groups excluding carboxylic acids is 1. The summed E-state index contributed by atoms with van der Waals surface area (Å²) in [7, 11) is -2.37. The second-order valence-corrected chi connectivity index (χ2v) is 4.63. The molecular weight excluding hydrogens is 197 g/mol. The first-order valence-electron chi connectivity index (χ1n) is 3.73. The lowest BCUT2D eigenvalue weighted by Crippen LogP contribution is -2.26. The van der Waals surface area contributed by atoms with Gasteiger partial charge in [0.1, 0.15) is 0 Å². The Kier molecular flexibility index (Phi) is 5.17. The molecule has 0 aromatic heterocycles. The minimum absolute atomic E-state index is 0.0310. The standard InChI is InChI=1S/C6H14NO5P/c1-6(8)7(9)4-3-5-13(10,11)12-2/h9H,3-5H2,1-2H3,(H,10,11). The van der Waals surface area contributed by atoms with Gasteiger partial charge in [-0.05, 0) is 6.42 Å². The van der Waals surface area contributed by atoms with Gasteiger partial charge in [-0.3, -0.25) is 14.6 Å². The molecule has 2 N–H and O–H groups in total. The summed E-state index contributed by atoms with van der Waals surface area (Å²) in [6.45, 7) is 1.23. The molecule has 0 aliphatic rings. The van der Waals surface area contributed by atoms with E-state index in [9.17, 15) is 9.36 Å². The molecule has 0 aromatic rings. The molecule has 0 heterocycles. The van der Waals surface area contributed by atoms with Crippen LogP contribution in [0.3, 0.4) is 0 Å². The van der Waals surface area contributed by atoms with Crippen molar-refractivity contribution in [3.8, 4) is 0 Å². The smallest absolute Gasteiger partial charge is 0.324 e. The van der Waals surface area contributed by atoms with Gasteiger partial charge in [0.2, 0.25) is 5.91 Å². The molecule has 0 rings (SSSR count). The van der Waals surface area contributed by atoms with Gasteiger partial charge < -0.3 is 9.42 Å². The van der Waals surface area contributed by atoms with E-state index in [1.54, 1.807) is 0 Å². The summed E-state index contributed by atoms with van der Waals surface area (Å²) in [6, 6.07) is 0. The van der Waals surface area contributed by atoms with Crippen molar-refractivity contribution in [1.82, 2.24) is 5.06 Å². The Morgan fingerprint density at radius 2 is 2.15 bits per heavy atom. The molecule has 0 aliphatic carbocycles. The normalized spacial score (nSPS) is 15.1. The maximum atomic E-state index is 10.9. The molecule has 0 bridgehead atoms. The van der Waals surface area contributed by atoms with Gasteiger partial charge in [-0.1, -0.05) is 0 Å². The highest BCUT2D eigenvalue weighted by Gasteiger charge is 2.17. The molecule has 0 saturated heterocycles. The molecule has 0 radical (unpaired) electrons. The Balaban J connectivity index is 3.68. The molecule has 7 heteroatoms. The second-order valence-electron chi connectivity index (χ2n) is 2.54. The first-order valence-corrected chi connectivity index (χ1v) is 5.50. The number of carbonyl (C=O) groups is 1. The van der Waals surface area contributed by atoms with E-state index in [-0.39, 0.29) is 19.1 Å². The molecule has 6 nitrogen and oxygen atoms in total. The Morgan fingerprint density at radius 1 is 1.62 bits per heavy atom. The third kappa shape index (κ3) is 5.76. The van der Waals surface area contributed by atoms with Crippen LogP contribution in [0, 0.1) is 0 Å². The fourth-order valence-corrected chi connectivity index (χ4v) is 1.39. The highest BCUT2D eigenvalue weighted by molar-refractivity contribution is 7.52. The summed E-state index contributed by atoms with van der Waals surface area (Å²) in [4.78, 5) is 19.4. The van der Waals surface area contributed by atoms with Gasteiger partial charge in [-0.25, -0.2) is 5.06 Å². The highest BCUT2D eigenvalue weighted by atomic mass is 31.2. The van der Waals surface area contributed by atoms with Crippen molar-refractivity contribution in [3.05, 3.63) is 0 Å². The number of hydrogen-bond acceptors (Lipinski definition) is 4. The summed E-state index contributed by atoms with van der Waals surface area (Å²) in [6.07, 6.45) is 0.144. The number of nitrogens with zero attached hydrogens (tertiary/aromatic N) is 1. The van der Waals surface area contributed by atoms with Gasteiger partial charge in [-0.2, -0.15) is 0 Å². The zero-order valence-corrected chi connectivity index (χ0v) is 8.53. The van der Waals surface area contributed by atoms with Crippen molar-refractivity contribution in [3.63, 3.8) is 0 Å². The summed E-state index contributed by atoms with van der Waals surface area (Å²) in [5, 5.41) is 9.36.